The molecule has 6 atom stereocenters. The number of Topliss-reactive ketones (excluding diaryl/α,β-unsaturated/α-hetero) is 2. The third-order valence-electron chi connectivity index (χ3n) is 10.9. The van der Waals surface area contributed by atoms with Gasteiger partial charge in [0.15, 0.2) is 0 Å². The second-order valence-corrected chi connectivity index (χ2v) is 12.7. The lowest BCUT2D eigenvalue weighted by atomic mass is 9.46. The predicted molar refractivity (Wildman–Crippen MR) is 152 cm³/mol. The molecule has 4 aliphatic carbocycles. The summed E-state index contributed by atoms with van der Waals surface area (Å²) < 4.78 is 0. The number of hydrogen-bond donors (Lipinski definition) is 1. The van der Waals surface area contributed by atoms with Crippen LogP contribution in [0.25, 0.3) is 0 Å². The third-order valence-corrected chi connectivity index (χ3v) is 10.9. The lowest BCUT2D eigenvalue weighted by Gasteiger charge is -2.58. The van der Waals surface area contributed by atoms with Crippen LogP contribution in [0.1, 0.15) is 96.1 Å². The Hall–Kier alpha value is -2.76. The fraction of sp³-hybridized carbons (Fsp3) is 0.636. The number of nitrogens with zero attached hydrogens (tertiary/aromatic N) is 1. The number of amides is 1. The zero-order chi connectivity index (χ0) is 27.6. The van der Waals surface area contributed by atoms with E-state index in [2.05, 4.69) is 35.6 Å². The Morgan fingerprint density at radius 2 is 1.92 bits per heavy atom. The first-order valence-corrected chi connectivity index (χ1v) is 15.1. The topological polar surface area (TPSA) is 84.8 Å². The van der Waals surface area contributed by atoms with E-state index < -0.39 is 6.09 Å². The molecule has 210 valence electrons. The van der Waals surface area contributed by atoms with E-state index in [1.807, 2.05) is 26.0 Å². The third kappa shape index (κ3) is 5.36. The number of carbonyl (C=O) groups excluding carboxylic acids is 3. The van der Waals surface area contributed by atoms with E-state index >= 15 is 0 Å². The smallest absolute Gasteiger partial charge is 0.320 e. The molecule has 3 fully saturated rings. The Kier molecular flexibility index (Phi) is 8.11. The number of nitrogens with one attached hydrogen (secondary N) is 1. The van der Waals surface area contributed by atoms with Crippen LogP contribution in [0.5, 0.6) is 0 Å². The maximum absolute atomic E-state index is 12.9. The minimum Gasteiger partial charge on any atom is -0.320 e. The Morgan fingerprint density at radius 1 is 1.13 bits per heavy atom. The van der Waals surface area contributed by atoms with Crippen LogP contribution in [0.15, 0.2) is 41.1 Å². The summed E-state index contributed by atoms with van der Waals surface area (Å²) in [7, 11) is 0. The first-order chi connectivity index (χ1) is 18.8. The molecule has 6 heteroatoms. The fourth-order valence-electron chi connectivity index (χ4n) is 9.08. The van der Waals surface area contributed by atoms with Crippen molar-refractivity contribution in [2.45, 2.75) is 91.4 Å². The van der Waals surface area contributed by atoms with Crippen molar-refractivity contribution in [2.24, 2.45) is 39.7 Å². The summed E-state index contributed by atoms with van der Waals surface area (Å²) in [6, 6.07) is 8.24. The molecule has 0 radical (unpaired) electrons. The number of oxime groups is 1. The van der Waals surface area contributed by atoms with Gasteiger partial charge in [0, 0.05) is 25.3 Å². The number of benzene rings is 1. The summed E-state index contributed by atoms with van der Waals surface area (Å²) in [5.41, 5.74) is 3.88. The first kappa shape index (κ1) is 27.8. The Morgan fingerprint density at radius 3 is 2.67 bits per heavy atom. The first-order valence-electron chi connectivity index (χ1n) is 15.1. The van der Waals surface area contributed by atoms with Gasteiger partial charge in [-0.15, -0.1) is 0 Å². The Bertz CT molecular complexity index is 1150. The largest absolute Gasteiger partial charge is 0.433 e. The molecule has 1 N–H and O–H groups in total. The van der Waals surface area contributed by atoms with Crippen molar-refractivity contribution in [1.82, 2.24) is 5.32 Å². The predicted octanol–water partition coefficient (Wildman–Crippen LogP) is 6.81. The quantitative estimate of drug-likeness (QED) is 0.173. The number of rotatable bonds is 8. The van der Waals surface area contributed by atoms with Crippen molar-refractivity contribution in [2.75, 3.05) is 6.54 Å². The molecule has 4 aliphatic rings. The van der Waals surface area contributed by atoms with Crippen molar-refractivity contribution in [1.29, 1.82) is 0 Å². The van der Waals surface area contributed by atoms with Crippen LogP contribution in [0.2, 0.25) is 0 Å². The van der Waals surface area contributed by atoms with Crippen LogP contribution >= 0.6 is 0 Å². The van der Waals surface area contributed by atoms with E-state index in [0.29, 0.717) is 42.3 Å². The van der Waals surface area contributed by atoms with Crippen LogP contribution in [0.4, 0.5) is 4.79 Å². The molecule has 0 aromatic heterocycles. The number of fused-ring (bicyclic) bond motifs is 5. The van der Waals surface area contributed by atoms with Crippen LogP contribution in [0.3, 0.4) is 0 Å². The van der Waals surface area contributed by atoms with Crippen LogP contribution in [-0.4, -0.2) is 30.4 Å². The molecule has 1 amide bonds. The maximum Gasteiger partial charge on any atom is 0.433 e. The number of allylic oxidation sites excluding steroid dienone is 2. The van der Waals surface area contributed by atoms with Gasteiger partial charge in [-0.2, -0.15) is 0 Å². The highest BCUT2D eigenvalue weighted by Gasteiger charge is 2.60. The van der Waals surface area contributed by atoms with E-state index in [1.165, 1.54) is 24.0 Å². The summed E-state index contributed by atoms with van der Waals surface area (Å²) in [6.45, 7) is 6.58. The van der Waals surface area contributed by atoms with Crippen LogP contribution in [0, 0.1) is 34.5 Å². The zero-order valence-corrected chi connectivity index (χ0v) is 23.8. The second-order valence-electron chi connectivity index (χ2n) is 12.7. The van der Waals surface area contributed by atoms with E-state index in [0.717, 1.165) is 56.9 Å². The summed E-state index contributed by atoms with van der Waals surface area (Å²) in [6.07, 6.45) is 14.7. The van der Waals surface area contributed by atoms with Crippen LogP contribution < -0.4 is 5.32 Å². The van der Waals surface area contributed by atoms with Gasteiger partial charge in [-0.3, -0.25) is 14.4 Å². The van der Waals surface area contributed by atoms with Crippen molar-refractivity contribution >= 4 is 23.9 Å². The molecule has 0 bridgehead atoms. The molecule has 5 rings (SSSR count). The lowest BCUT2D eigenvalue weighted by Crippen LogP contribution is -2.51. The maximum atomic E-state index is 12.9. The summed E-state index contributed by atoms with van der Waals surface area (Å²) >= 11 is 0. The van der Waals surface area contributed by atoms with Gasteiger partial charge < -0.3 is 5.32 Å². The molecule has 6 nitrogen and oxygen atoms in total. The van der Waals surface area contributed by atoms with Gasteiger partial charge in [0.1, 0.15) is 11.6 Å². The number of hydrogen-bond acceptors (Lipinski definition) is 5. The molecule has 0 spiro atoms. The van der Waals surface area contributed by atoms with E-state index in [9.17, 15) is 14.4 Å². The fourth-order valence-corrected chi connectivity index (χ4v) is 9.08. The Labute approximate surface area is 233 Å². The molecule has 0 unspecified atom stereocenters. The number of aryl methyl sites for hydroxylation is 1. The van der Waals surface area contributed by atoms with E-state index in [4.69, 9.17) is 4.84 Å². The summed E-state index contributed by atoms with van der Waals surface area (Å²) in [5, 5.41) is 6.29. The van der Waals surface area contributed by atoms with Gasteiger partial charge in [0.2, 0.25) is 0 Å². The standard InChI is InChI=1S/C33H44N2O4/c1-4-34-31(38)39-35-21-24-9-7-23(8-10-24)6-5-17-33-19-16-29-27(30(33)14-13-28(33)22(2)36)12-11-25-20-26(37)15-18-32(25,29)3/h7-11,21,27-30H,4-6,12-20H2,1-3H3,(H,34,38)/t27-,28-,29-,30+,32-,33-/m1/s1. The minimum absolute atomic E-state index is 0.127. The van der Waals surface area contributed by atoms with E-state index in [1.54, 1.807) is 6.21 Å². The SMILES string of the molecule is CCNC(=O)ON=Cc1ccc(CCC[C@]23CC[C@@H]4[C@@H](CC=C5CC(=O)CC[C@]54C)[C@@H]2CC[C@@H]3C(C)=O)cc1. The molecule has 0 aliphatic heterocycles. The van der Waals surface area contributed by atoms with Gasteiger partial charge in [0.05, 0.1) is 6.21 Å². The van der Waals surface area contributed by atoms with Crippen molar-refractivity contribution < 1.29 is 19.2 Å². The molecule has 3 saturated carbocycles. The second kappa shape index (κ2) is 11.4. The molecule has 1 aromatic carbocycles. The number of ketones is 2. The number of carbonyl (C=O) groups is 3. The van der Waals surface area contributed by atoms with Gasteiger partial charge in [0.25, 0.3) is 0 Å². The minimum atomic E-state index is -0.555. The lowest BCUT2D eigenvalue weighted by molar-refractivity contribution is -0.130. The summed E-state index contributed by atoms with van der Waals surface area (Å²) in [5.74, 6) is 2.90. The highest BCUT2D eigenvalue weighted by atomic mass is 16.7. The molecule has 1 aromatic rings. The monoisotopic (exact) mass is 532 g/mol. The molecular formula is C33H44N2O4. The van der Waals surface area contributed by atoms with Gasteiger partial charge >= 0.3 is 6.09 Å². The average molecular weight is 533 g/mol. The highest BCUT2D eigenvalue weighted by molar-refractivity contribution is 5.83. The average Bonchev–Trinajstić information content (AvgIpc) is 3.30. The van der Waals surface area contributed by atoms with Gasteiger partial charge in [-0.05, 0) is 111 Å². The van der Waals surface area contributed by atoms with Crippen molar-refractivity contribution in [3.05, 3.63) is 47.0 Å². The summed E-state index contributed by atoms with van der Waals surface area (Å²) in [4.78, 5) is 41.3. The normalized spacial score (nSPS) is 33.6. The molecule has 0 saturated heterocycles. The van der Waals surface area contributed by atoms with Crippen molar-refractivity contribution in [3.8, 4) is 0 Å². The van der Waals surface area contributed by atoms with Gasteiger partial charge in [-0.25, -0.2) is 4.79 Å². The Balaban J connectivity index is 1.25. The van der Waals surface area contributed by atoms with E-state index in [-0.39, 0.29) is 16.7 Å². The van der Waals surface area contributed by atoms with Crippen LogP contribution in [-0.2, 0) is 20.8 Å². The zero-order valence-electron chi connectivity index (χ0n) is 23.8. The molecule has 0 heterocycles. The highest BCUT2D eigenvalue weighted by Crippen LogP contribution is 2.67. The van der Waals surface area contributed by atoms with Crippen molar-refractivity contribution in [3.63, 3.8) is 0 Å². The molecular weight excluding hydrogens is 488 g/mol. The van der Waals surface area contributed by atoms with Gasteiger partial charge in [-0.1, -0.05) is 48.0 Å². The molecule has 39 heavy (non-hydrogen) atoms.